The van der Waals surface area contributed by atoms with Crippen LogP contribution in [0.25, 0.3) is 6.08 Å². The number of carbonyl (C=O) groups is 4. The molecule has 1 fully saturated rings. The second-order valence-electron chi connectivity index (χ2n) is 6.00. The number of urea groups is 1. The summed E-state index contributed by atoms with van der Waals surface area (Å²) < 4.78 is 11.0. The Hall–Kier alpha value is -4.14. The van der Waals surface area contributed by atoms with Gasteiger partial charge in [0.1, 0.15) is 12.2 Å². The van der Waals surface area contributed by atoms with E-state index in [1.807, 2.05) is 10.6 Å². The number of methoxy groups -OCH3 is 1. The summed E-state index contributed by atoms with van der Waals surface area (Å²) >= 11 is 0. The number of nitrogens with one attached hydrogen (secondary N) is 2. The van der Waals surface area contributed by atoms with E-state index in [-0.39, 0.29) is 17.7 Å². The Balaban J connectivity index is 1.76. The van der Waals surface area contributed by atoms with Crippen molar-refractivity contribution < 1.29 is 33.8 Å². The zero-order valence-corrected chi connectivity index (χ0v) is 15.2. The topological polar surface area (TPSA) is 131 Å². The number of hydrogen-bond donors (Lipinski definition) is 3. The van der Waals surface area contributed by atoms with Crippen LogP contribution in [0.4, 0.5) is 4.79 Å². The first-order chi connectivity index (χ1) is 13.9. The number of amides is 4. The SMILES string of the molecule is COc1cc(C=C2C(=O)NC(=O)NC2=O)ccc1OCc1ccc(C(=O)O)cc1. The number of hydrogen-bond acceptors (Lipinski definition) is 6. The third-order valence-corrected chi connectivity index (χ3v) is 4.04. The fourth-order valence-corrected chi connectivity index (χ4v) is 2.57. The number of benzene rings is 2. The molecule has 0 saturated carbocycles. The molecule has 0 aromatic heterocycles. The number of barbiturate groups is 1. The van der Waals surface area contributed by atoms with E-state index in [1.165, 1.54) is 25.3 Å². The lowest BCUT2D eigenvalue weighted by atomic mass is 10.1. The highest BCUT2D eigenvalue weighted by molar-refractivity contribution is 6.31. The standard InChI is InChI=1S/C20H16N2O7/c1-28-16-9-12(8-14-17(23)21-20(27)22-18(14)24)4-7-15(16)29-10-11-2-5-13(6-3-11)19(25)26/h2-9H,10H2,1H3,(H,25,26)(H2,21,22,23,24,27). The fraction of sp³-hybridized carbons (Fsp3) is 0.100. The maximum atomic E-state index is 11.8. The summed E-state index contributed by atoms with van der Waals surface area (Å²) in [4.78, 5) is 45.6. The lowest BCUT2D eigenvalue weighted by Gasteiger charge is -2.15. The molecule has 2 aromatic rings. The molecule has 1 heterocycles. The molecule has 1 aliphatic heterocycles. The van der Waals surface area contributed by atoms with Gasteiger partial charge in [0.2, 0.25) is 0 Å². The number of rotatable bonds is 6. The van der Waals surface area contributed by atoms with Crippen LogP contribution in [0, 0.1) is 0 Å². The molecule has 0 atom stereocenters. The Labute approximate surface area is 164 Å². The van der Waals surface area contributed by atoms with E-state index in [1.54, 1.807) is 30.3 Å². The van der Waals surface area contributed by atoms with Gasteiger partial charge in [-0.2, -0.15) is 0 Å². The van der Waals surface area contributed by atoms with Crippen LogP contribution in [0.1, 0.15) is 21.5 Å². The van der Waals surface area contributed by atoms with Crippen molar-refractivity contribution in [2.24, 2.45) is 0 Å². The summed E-state index contributed by atoms with van der Waals surface area (Å²) in [5, 5.41) is 12.9. The van der Waals surface area contributed by atoms with Crippen LogP contribution in [0.5, 0.6) is 11.5 Å². The van der Waals surface area contributed by atoms with Crippen LogP contribution in [-0.4, -0.2) is 36.0 Å². The Morgan fingerprint density at radius 3 is 2.24 bits per heavy atom. The molecule has 1 aliphatic rings. The Morgan fingerprint density at radius 1 is 1.00 bits per heavy atom. The van der Waals surface area contributed by atoms with Gasteiger partial charge in [0.05, 0.1) is 12.7 Å². The third kappa shape index (κ3) is 4.59. The molecule has 0 radical (unpaired) electrons. The molecular formula is C20H16N2O7. The van der Waals surface area contributed by atoms with Gasteiger partial charge in [-0.25, -0.2) is 9.59 Å². The van der Waals surface area contributed by atoms with Crippen LogP contribution in [0.2, 0.25) is 0 Å². The van der Waals surface area contributed by atoms with Crippen molar-refractivity contribution >= 4 is 29.9 Å². The normalized spacial score (nSPS) is 13.4. The quantitative estimate of drug-likeness (QED) is 0.500. The van der Waals surface area contributed by atoms with Crippen molar-refractivity contribution in [2.75, 3.05) is 7.11 Å². The van der Waals surface area contributed by atoms with Crippen molar-refractivity contribution in [1.82, 2.24) is 10.6 Å². The highest BCUT2D eigenvalue weighted by Crippen LogP contribution is 2.30. The molecule has 4 amide bonds. The van der Waals surface area contributed by atoms with Crippen LogP contribution in [0.15, 0.2) is 48.0 Å². The molecule has 3 rings (SSSR count). The first-order valence-electron chi connectivity index (χ1n) is 8.39. The van der Waals surface area contributed by atoms with Gasteiger partial charge in [-0.05, 0) is 41.5 Å². The minimum absolute atomic E-state index is 0.182. The molecule has 3 N–H and O–H groups in total. The van der Waals surface area contributed by atoms with Gasteiger partial charge in [0, 0.05) is 0 Å². The minimum atomic E-state index is -1.01. The predicted octanol–water partition coefficient (Wildman–Crippen LogP) is 1.72. The molecule has 2 aromatic carbocycles. The van der Waals surface area contributed by atoms with Crippen molar-refractivity contribution in [2.45, 2.75) is 6.61 Å². The summed E-state index contributed by atoms with van der Waals surface area (Å²) in [7, 11) is 1.44. The average Bonchev–Trinajstić information content (AvgIpc) is 2.69. The molecule has 0 unspecified atom stereocenters. The largest absolute Gasteiger partial charge is 0.493 e. The molecule has 148 valence electrons. The van der Waals surface area contributed by atoms with Crippen molar-refractivity contribution in [3.8, 4) is 11.5 Å². The van der Waals surface area contributed by atoms with Gasteiger partial charge in [0.15, 0.2) is 11.5 Å². The molecule has 29 heavy (non-hydrogen) atoms. The first-order valence-corrected chi connectivity index (χ1v) is 8.39. The van der Waals surface area contributed by atoms with Crippen LogP contribution in [0.3, 0.4) is 0 Å². The minimum Gasteiger partial charge on any atom is -0.493 e. The van der Waals surface area contributed by atoms with E-state index < -0.39 is 23.8 Å². The maximum absolute atomic E-state index is 11.8. The molecule has 9 nitrogen and oxygen atoms in total. The second kappa shape index (κ2) is 8.26. The molecule has 0 bridgehead atoms. The van der Waals surface area contributed by atoms with E-state index >= 15 is 0 Å². The number of carboxylic acids is 1. The van der Waals surface area contributed by atoms with Crippen LogP contribution >= 0.6 is 0 Å². The highest BCUT2D eigenvalue weighted by atomic mass is 16.5. The summed E-state index contributed by atoms with van der Waals surface area (Å²) in [6, 6.07) is 10.2. The maximum Gasteiger partial charge on any atom is 0.335 e. The van der Waals surface area contributed by atoms with Gasteiger partial charge in [-0.15, -0.1) is 0 Å². The van der Waals surface area contributed by atoms with E-state index in [0.717, 1.165) is 5.56 Å². The van der Waals surface area contributed by atoms with Gasteiger partial charge < -0.3 is 14.6 Å². The number of aromatic carboxylic acids is 1. The zero-order chi connectivity index (χ0) is 21.0. The lowest BCUT2D eigenvalue weighted by molar-refractivity contribution is -0.123. The number of carboxylic acid groups (broad SMARTS) is 1. The van der Waals surface area contributed by atoms with E-state index in [0.29, 0.717) is 17.1 Å². The zero-order valence-electron chi connectivity index (χ0n) is 15.2. The van der Waals surface area contributed by atoms with Crippen LogP contribution in [-0.2, 0) is 16.2 Å². The Bertz CT molecular complexity index is 1000. The van der Waals surface area contributed by atoms with Crippen molar-refractivity contribution in [3.05, 3.63) is 64.7 Å². The van der Waals surface area contributed by atoms with E-state index in [2.05, 4.69) is 0 Å². The monoisotopic (exact) mass is 396 g/mol. The lowest BCUT2D eigenvalue weighted by Crippen LogP contribution is -2.51. The summed E-state index contributed by atoms with van der Waals surface area (Å²) in [5.41, 5.74) is 1.23. The molecular weight excluding hydrogens is 380 g/mol. The summed E-state index contributed by atoms with van der Waals surface area (Å²) in [6.07, 6.45) is 1.33. The first kappa shape index (κ1) is 19.6. The number of carbonyl (C=O) groups excluding carboxylic acids is 3. The smallest absolute Gasteiger partial charge is 0.335 e. The molecule has 0 spiro atoms. The summed E-state index contributed by atoms with van der Waals surface area (Å²) in [5.74, 6) is -1.79. The van der Waals surface area contributed by atoms with Gasteiger partial charge >= 0.3 is 12.0 Å². The predicted molar refractivity (Wildman–Crippen MR) is 100 cm³/mol. The highest BCUT2D eigenvalue weighted by Gasteiger charge is 2.27. The molecule has 0 aliphatic carbocycles. The van der Waals surface area contributed by atoms with E-state index in [9.17, 15) is 19.2 Å². The van der Waals surface area contributed by atoms with Crippen LogP contribution < -0.4 is 20.1 Å². The van der Waals surface area contributed by atoms with E-state index in [4.69, 9.17) is 14.6 Å². The fourth-order valence-electron chi connectivity index (χ4n) is 2.57. The summed E-state index contributed by atoms with van der Waals surface area (Å²) in [6.45, 7) is 0.184. The van der Waals surface area contributed by atoms with Gasteiger partial charge in [-0.1, -0.05) is 18.2 Å². The van der Waals surface area contributed by atoms with Crippen molar-refractivity contribution in [1.29, 1.82) is 0 Å². The van der Waals surface area contributed by atoms with Crippen molar-refractivity contribution in [3.63, 3.8) is 0 Å². The molecule has 1 saturated heterocycles. The Kier molecular flexibility index (Phi) is 5.59. The molecule has 9 heteroatoms. The number of ether oxygens (including phenoxy) is 2. The average molecular weight is 396 g/mol. The Morgan fingerprint density at radius 2 is 1.66 bits per heavy atom. The van der Waals surface area contributed by atoms with Gasteiger partial charge in [-0.3, -0.25) is 20.2 Å². The number of imide groups is 2. The van der Waals surface area contributed by atoms with Gasteiger partial charge in [0.25, 0.3) is 11.8 Å². The third-order valence-electron chi connectivity index (χ3n) is 4.04. The second-order valence-corrected chi connectivity index (χ2v) is 6.00.